The molecule has 0 unspecified atom stereocenters. The van der Waals surface area contributed by atoms with Gasteiger partial charge in [0, 0.05) is 54.3 Å². The highest BCUT2D eigenvalue weighted by Crippen LogP contribution is 2.39. The Morgan fingerprint density at radius 2 is 0.732 bits per heavy atom. The third-order valence-electron chi connectivity index (χ3n) is 13.6. The van der Waals surface area contributed by atoms with Crippen LogP contribution in [0.4, 0.5) is 69.3 Å². The van der Waals surface area contributed by atoms with Gasteiger partial charge in [0.1, 0.15) is 17.2 Å². The molecule has 6 aromatic carbocycles. The Morgan fingerprint density at radius 3 is 1.04 bits per heavy atom. The molecule has 0 aliphatic carbocycles. The van der Waals surface area contributed by atoms with Gasteiger partial charge in [0.05, 0.1) is 104 Å². The van der Waals surface area contributed by atoms with E-state index in [4.69, 9.17) is 70.1 Å². The van der Waals surface area contributed by atoms with Gasteiger partial charge >= 0.3 is 36.1 Å². The predicted molar refractivity (Wildman–Crippen MR) is 344 cm³/mol. The van der Waals surface area contributed by atoms with Gasteiger partial charge in [-0.1, -0.05) is 68.8 Å². The number of alkyl halides is 9. The van der Waals surface area contributed by atoms with Crippen molar-refractivity contribution in [2.75, 3.05) is 94.9 Å². The minimum Gasteiger partial charge on any atom is -0.507 e. The quantitative estimate of drug-likeness (QED) is 0.0627. The number of nitrogens with one attached hydrogen (secondary N) is 3. The highest BCUT2D eigenvalue weighted by Gasteiger charge is 2.34. The van der Waals surface area contributed by atoms with Gasteiger partial charge in [0.25, 0.3) is 17.7 Å². The normalized spacial score (nSPS) is 14.3. The van der Waals surface area contributed by atoms with Gasteiger partial charge in [-0.15, -0.1) is 0 Å². The molecule has 6 amide bonds. The summed E-state index contributed by atoms with van der Waals surface area (Å²) in [6.07, 6.45) is -14.7. The van der Waals surface area contributed by atoms with E-state index in [9.17, 15) is 73.4 Å². The highest BCUT2D eigenvalue weighted by atomic mass is 35.5. The molecule has 37 heteroatoms. The lowest BCUT2D eigenvalue weighted by Gasteiger charge is -2.26. The summed E-state index contributed by atoms with van der Waals surface area (Å²) in [4.78, 5) is 89.9. The van der Waals surface area contributed by atoms with Crippen molar-refractivity contribution in [1.82, 2.24) is 29.7 Å². The van der Waals surface area contributed by atoms with E-state index in [1.807, 2.05) is 0 Å². The first kappa shape index (κ1) is 72.9. The number of amides is 6. The van der Waals surface area contributed by atoms with Crippen LogP contribution < -0.4 is 25.4 Å². The van der Waals surface area contributed by atoms with Crippen molar-refractivity contribution in [2.45, 2.75) is 18.5 Å². The molecule has 12 rings (SSSR count). The van der Waals surface area contributed by atoms with Crippen LogP contribution in [-0.4, -0.2) is 149 Å². The lowest BCUT2D eigenvalue weighted by Crippen LogP contribution is -2.42. The molecule has 0 atom stereocenters. The van der Waals surface area contributed by atoms with E-state index < -0.39 is 65.1 Å². The van der Waals surface area contributed by atoms with E-state index in [2.05, 4.69) is 30.9 Å². The SMILES string of the molecule is O=C(Cl)N1CCOCC1.O=C(Nc1nc2ccc(C(F)(F)F)cc2s1)c1cc(Cl)ccc1O.O=C(Nc1nc2ccc(C(F)(F)F)cc2s1)c1cc(Cl)ccc1OC(=O)N1CCOCC1.O=C(Nc1nc2ccc(C(F)(F)F)cc2s1)c1cc(Cl)ccc1OC(=O)N1CCOCC1. The zero-order valence-corrected chi connectivity index (χ0v) is 54.6. The number of anilines is 3. The number of halogens is 13. The number of aromatic hydroxyl groups is 1. The number of fused-ring (bicyclic) bond motifs is 3. The third kappa shape index (κ3) is 19.9. The van der Waals surface area contributed by atoms with Gasteiger partial charge in [0.15, 0.2) is 15.4 Å². The monoisotopic (exact) mass is 1490 g/mol. The molecular weight excluding hydrogens is 1450 g/mol. The summed E-state index contributed by atoms with van der Waals surface area (Å²) in [5.41, 5.74) is -1.55. The molecule has 3 aliphatic rings. The van der Waals surface area contributed by atoms with E-state index >= 15 is 0 Å². The largest absolute Gasteiger partial charge is 0.507 e. The van der Waals surface area contributed by atoms with Crippen LogP contribution in [0.1, 0.15) is 47.8 Å². The van der Waals surface area contributed by atoms with E-state index in [1.54, 1.807) is 4.90 Å². The summed E-state index contributed by atoms with van der Waals surface area (Å²) in [6.45, 7) is 5.46. The zero-order valence-electron chi connectivity index (χ0n) is 49.1. The van der Waals surface area contributed by atoms with Gasteiger partial charge in [-0.3, -0.25) is 35.1 Å². The van der Waals surface area contributed by atoms with Crippen LogP contribution in [0.3, 0.4) is 0 Å². The van der Waals surface area contributed by atoms with Crippen LogP contribution >= 0.6 is 80.4 Å². The number of hydrogen-bond acceptors (Lipinski definition) is 18. The Bertz CT molecular complexity index is 4210. The number of nitrogens with zero attached hydrogens (tertiary/aromatic N) is 6. The van der Waals surface area contributed by atoms with Gasteiger partial charge < -0.3 is 43.5 Å². The lowest BCUT2D eigenvalue weighted by molar-refractivity contribution is -0.138. The van der Waals surface area contributed by atoms with Gasteiger partial charge in [-0.25, -0.2) is 24.5 Å². The van der Waals surface area contributed by atoms with Gasteiger partial charge in [-0.2, -0.15) is 39.5 Å². The molecule has 512 valence electrons. The van der Waals surface area contributed by atoms with E-state index in [0.29, 0.717) is 95.5 Å². The molecule has 3 aliphatic heterocycles. The van der Waals surface area contributed by atoms with Gasteiger partial charge in [-0.05, 0) is 121 Å². The summed E-state index contributed by atoms with van der Waals surface area (Å²) in [6, 6.07) is 21.7. The molecule has 21 nitrogen and oxygen atoms in total. The smallest absolute Gasteiger partial charge is 0.416 e. The molecule has 9 aromatic rings. The Kier molecular flexibility index (Phi) is 23.9. The summed E-state index contributed by atoms with van der Waals surface area (Å²) < 4.78 is 143. The van der Waals surface area contributed by atoms with E-state index in [-0.39, 0.29) is 83.9 Å². The van der Waals surface area contributed by atoms with Crippen molar-refractivity contribution in [2.24, 2.45) is 0 Å². The Morgan fingerprint density at radius 1 is 0.433 bits per heavy atom. The van der Waals surface area contributed by atoms with Crippen LogP contribution in [0.2, 0.25) is 15.1 Å². The standard InChI is InChI=1S/2C20H15ClF3N3O4S.C15H8ClF3N2O2S.C5H8ClNO2/c2*21-12-2-4-15(31-19(29)27-5-7-30-8-6-27)13(10-12)17(28)26-18-25-14-3-1-11(20(22,23)24)9-16(14)32-18;16-8-2-4-11(22)9(6-8)13(23)21-14-20-10-3-1-7(15(17,18)19)5-12(10)24-14;6-5(8)7-1-3-9-4-2-7/h2*1-4,9-10H,5-8H2,(H,25,26,28);1-6,22H,(H,20,21,23);1-4H2. The van der Waals surface area contributed by atoms with Crippen LogP contribution in [0, 0.1) is 0 Å². The molecule has 0 bridgehead atoms. The average Bonchev–Trinajstić information content (AvgIpc) is 1.71. The number of thiazole rings is 3. The number of phenolic OH excluding ortho intramolecular Hbond substituents is 1. The molecule has 0 radical (unpaired) electrons. The predicted octanol–water partition coefficient (Wildman–Crippen LogP) is 15.7. The van der Waals surface area contributed by atoms with Crippen molar-refractivity contribution < 1.29 is 97.1 Å². The number of hydrogen-bond donors (Lipinski definition) is 4. The number of carbonyl (C=O) groups excluding carboxylic acids is 6. The molecular formula is C60H46Cl4F9N9O12S3. The minimum atomic E-state index is -4.48. The Labute approximate surface area is 573 Å². The van der Waals surface area contributed by atoms with Crippen LogP contribution in [0.5, 0.6) is 17.2 Å². The van der Waals surface area contributed by atoms with Crippen molar-refractivity contribution in [3.8, 4) is 17.2 Å². The van der Waals surface area contributed by atoms with Crippen LogP contribution in [-0.2, 0) is 32.7 Å². The molecule has 4 N–H and O–H groups in total. The van der Waals surface area contributed by atoms with Gasteiger partial charge in [0.2, 0.25) is 0 Å². The van der Waals surface area contributed by atoms with Crippen LogP contribution in [0.25, 0.3) is 30.6 Å². The number of morpholine rings is 3. The second kappa shape index (κ2) is 31.9. The number of aromatic nitrogens is 3. The summed E-state index contributed by atoms with van der Waals surface area (Å²) >= 11 is 25.7. The maximum Gasteiger partial charge on any atom is 0.416 e. The summed E-state index contributed by atoms with van der Waals surface area (Å²) in [5.74, 6) is -2.30. The zero-order chi connectivity index (χ0) is 69.9. The fraction of sp³-hybridized carbons (Fsp3) is 0.250. The second-order valence-electron chi connectivity index (χ2n) is 20.2. The summed E-state index contributed by atoms with van der Waals surface area (Å²) in [5, 5.41) is 17.9. The molecule has 3 fully saturated rings. The van der Waals surface area contributed by atoms with E-state index in [0.717, 1.165) is 70.4 Å². The molecule has 0 saturated carbocycles. The summed E-state index contributed by atoms with van der Waals surface area (Å²) in [7, 11) is 0. The molecule has 0 spiro atoms. The fourth-order valence-electron chi connectivity index (χ4n) is 8.73. The van der Waals surface area contributed by atoms with Crippen molar-refractivity contribution in [1.29, 1.82) is 0 Å². The van der Waals surface area contributed by atoms with Crippen molar-refractivity contribution >= 4 is 162 Å². The molecule has 6 heterocycles. The lowest BCUT2D eigenvalue weighted by atomic mass is 10.2. The Hall–Kier alpha value is -8.38. The molecule has 97 heavy (non-hydrogen) atoms. The first-order chi connectivity index (χ1) is 45.9. The fourth-order valence-corrected chi connectivity index (χ4v) is 12.1. The number of phenols is 1. The number of rotatable bonds is 8. The third-order valence-corrected chi connectivity index (χ3v) is 17.3. The topological polar surface area (TPSA) is 253 Å². The second-order valence-corrected chi connectivity index (χ2v) is 24.9. The highest BCUT2D eigenvalue weighted by molar-refractivity contribution is 7.23. The Balaban J connectivity index is 0.000000161. The van der Waals surface area contributed by atoms with Crippen molar-refractivity contribution in [3.05, 3.63) is 158 Å². The van der Waals surface area contributed by atoms with E-state index in [1.165, 1.54) is 82.6 Å². The first-order valence-electron chi connectivity index (χ1n) is 28.0. The maximum atomic E-state index is 12.9. The molecule has 3 saturated heterocycles. The number of benzene rings is 6. The number of carbonyl (C=O) groups is 6. The first-order valence-corrected chi connectivity index (χ1v) is 32.0. The van der Waals surface area contributed by atoms with Crippen molar-refractivity contribution in [3.63, 3.8) is 0 Å². The number of ether oxygens (including phenoxy) is 5. The minimum absolute atomic E-state index is 0.0103. The molecule has 3 aromatic heterocycles. The van der Waals surface area contributed by atoms with Crippen LogP contribution in [0.15, 0.2) is 109 Å². The average molecular weight is 1490 g/mol. The maximum absolute atomic E-state index is 12.9.